The summed E-state index contributed by atoms with van der Waals surface area (Å²) >= 11 is 0. The quantitative estimate of drug-likeness (QED) is 0.901. The van der Waals surface area contributed by atoms with E-state index in [4.69, 9.17) is 0 Å². The highest BCUT2D eigenvalue weighted by molar-refractivity contribution is 5.94. The predicted molar refractivity (Wildman–Crippen MR) is 79.0 cm³/mol. The average Bonchev–Trinajstić information content (AvgIpc) is 2.85. The van der Waals surface area contributed by atoms with Crippen LogP contribution in [-0.2, 0) is 6.42 Å². The van der Waals surface area contributed by atoms with Gasteiger partial charge >= 0.3 is 5.97 Å². The largest absolute Gasteiger partial charge is 0.478 e. The molecular weight excluding hydrogens is 252 g/mol. The molecule has 0 fully saturated rings. The van der Waals surface area contributed by atoms with Crippen molar-refractivity contribution in [2.45, 2.75) is 39.7 Å². The molecule has 0 aliphatic heterocycles. The van der Waals surface area contributed by atoms with Crippen molar-refractivity contribution in [1.29, 1.82) is 0 Å². The molecule has 0 bridgehead atoms. The Morgan fingerprint density at radius 2 is 1.95 bits per heavy atom. The van der Waals surface area contributed by atoms with E-state index in [0.717, 1.165) is 18.4 Å². The first-order valence-corrected chi connectivity index (χ1v) is 6.94. The zero-order valence-corrected chi connectivity index (χ0v) is 12.1. The van der Waals surface area contributed by atoms with E-state index in [-0.39, 0.29) is 11.6 Å². The smallest absolute Gasteiger partial charge is 0.339 e. The maximum absolute atomic E-state index is 11.3. The first kappa shape index (κ1) is 14.3. The summed E-state index contributed by atoms with van der Waals surface area (Å²) in [5.74, 6) is -0.940. The van der Waals surface area contributed by atoms with E-state index in [1.165, 1.54) is 5.56 Å². The van der Waals surface area contributed by atoms with Crippen LogP contribution < -0.4 is 0 Å². The van der Waals surface area contributed by atoms with E-state index in [9.17, 15) is 9.90 Å². The Morgan fingerprint density at radius 3 is 2.45 bits per heavy atom. The van der Waals surface area contributed by atoms with Gasteiger partial charge in [0.05, 0.1) is 0 Å². The highest BCUT2D eigenvalue weighted by Gasteiger charge is 2.17. The Kier molecular flexibility index (Phi) is 4.23. The molecule has 2 aromatic rings. The number of aromatic carboxylic acids is 1. The predicted octanol–water partition coefficient (Wildman–Crippen LogP) is 3.78. The van der Waals surface area contributed by atoms with Crippen LogP contribution in [0.4, 0.5) is 0 Å². The van der Waals surface area contributed by atoms with Crippen LogP contribution in [0.3, 0.4) is 0 Å². The van der Waals surface area contributed by atoms with Gasteiger partial charge in [0.1, 0.15) is 11.3 Å². The Balaban J connectivity index is 2.42. The SMILES string of the molecule is CCCc1ccc(-c2nn(C(C)C)cc2C(=O)O)cc1. The second-order valence-electron chi connectivity index (χ2n) is 5.22. The molecule has 0 saturated heterocycles. The number of nitrogens with zero attached hydrogens (tertiary/aromatic N) is 2. The molecule has 4 nitrogen and oxygen atoms in total. The molecule has 0 spiro atoms. The van der Waals surface area contributed by atoms with Crippen LogP contribution in [0.15, 0.2) is 30.5 Å². The van der Waals surface area contributed by atoms with E-state index in [0.29, 0.717) is 5.69 Å². The highest BCUT2D eigenvalue weighted by atomic mass is 16.4. The Bertz CT molecular complexity index is 597. The first-order chi connectivity index (χ1) is 9.52. The van der Waals surface area contributed by atoms with Crippen molar-refractivity contribution in [3.05, 3.63) is 41.6 Å². The summed E-state index contributed by atoms with van der Waals surface area (Å²) in [6.07, 6.45) is 3.73. The van der Waals surface area contributed by atoms with Crippen LogP contribution in [0.1, 0.15) is 49.2 Å². The van der Waals surface area contributed by atoms with Gasteiger partial charge in [-0.15, -0.1) is 0 Å². The van der Waals surface area contributed by atoms with E-state index in [1.807, 2.05) is 38.1 Å². The van der Waals surface area contributed by atoms with Crippen LogP contribution in [0.25, 0.3) is 11.3 Å². The maximum atomic E-state index is 11.3. The van der Waals surface area contributed by atoms with Gasteiger partial charge in [0.15, 0.2) is 0 Å². The fourth-order valence-electron chi connectivity index (χ4n) is 2.14. The third-order valence-electron chi connectivity index (χ3n) is 3.26. The summed E-state index contributed by atoms with van der Waals surface area (Å²) in [7, 11) is 0. The van der Waals surface area contributed by atoms with Gasteiger partial charge in [0.25, 0.3) is 0 Å². The third kappa shape index (κ3) is 2.90. The number of benzene rings is 1. The van der Waals surface area contributed by atoms with Crippen molar-refractivity contribution in [2.24, 2.45) is 0 Å². The van der Waals surface area contributed by atoms with E-state index < -0.39 is 5.97 Å². The van der Waals surface area contributed by atoms with E-state index in [2.05, 4.69) is 12.0 Å². The number of carboxylic acid groups (broad SMARTS) is 1. The number of carbonyl (C=O) groups is 1. The van der Waals surface area contributed by atoms with Gasteiger partial charge in [-0.3, -0.25) is 4.68 Å². The second-order valence-corrected chi connectivity index (χ2v) is 5.22. The van der Waals surface area contributed by atoms with Gasteiger partial charge in [-0.2, -0.15) is 5.10 Å². The van der Waals surface area contributed by atoms with Gasteiger partial charge in [-0.05, 0) is 25.8 Å². The molecule has 0 amide bonds. The van der Waals surface area contributed by atoms with Gasteiger partial charge in [-0.25, -0.2) is 4.79 Å². The molecule has 0 aliphatic rings. The molecule has 106 valence electrons. The summed E-state index contributed by atoms with van der Waals surface area (Å²) < 4.78 is 1.69. The molecule has 0 saturated carbocycles. The maximum Gasteiger partial charge on any atom is 0.339 e. The lowest BCUT2D eigenvalue weighted by atomic mass is 10.0. The molecule has 1 aromatic carbocycles. The average molecular weight is 272 g/mol. The first-order valence-electron chi connectivity index (χ1n) is 6.94. The van der Waals surface area contributed by atoms with Crippen LogP contribution in [0.5, 0.6) is 0 Å². The zero-order chi connectivity index (χ0) is 14.7. The molecule has 0 atom stereocenters. The topological polar surface area (TPSA) is 55.1 Å². The molecular formula is C16H20N2O2. The van der Waals surface area contributed by atoms with Crippen LogP contribution in [-0.4, -0.2) is 20.9 Å². The molecule has 1 aromatic heterocycles. The summed E-state index contributed by atoms with van der Waals surface area (Å²) in [6, 6.07) is 8.12. The molecule has 2 rings (SSSR count). The normalized spacial score (nSPS) is 11.0. The van der Waals surface area contributed by atoms with Gasteiger partial charge in [0, 0.05) is 17.8 Å². The lowest BCUT2D eigenvalue weighted by molar-refractivity contribution is 0.0697. The summed E-state index contributed by atoms with van der Waals surface area (Å²) in [4.78, 5) is 11.3. The molecule has 0 radical (unpaired) electrons. The van der Waals surface area contributed by atoms with Gasteiger partial charge < -0.3 is 5.11 Å². The van der Waals surface area contributed by atoms with Crippen LogP contribution >= 0.6 is 0 Å². The molecule has 0 aliphatic carbocycles. The Hall–Kier alpha value is -2.10. The third-order valence-corrected chi connectivity index (χ3v) is 3.26. The summed E-state index contributed by atoms with van der Waals surface area (Å²) in [5.41, 5.74) is 2.90. The minimum absolute atomic E-state index is 0.140. The Labute approximate surface area is 119 Å². The summed E-state index contributed by atoms with van der Waals surface area (Å²) in [5, 5.41) is 13.7. The zero-order valence-electron chi connectivity index (χ0n) is 12.1. The van der Waals surface area contributed by atoms with Crippen molar-refractivity contribution >= 4 is 5.97 Å². The lowest BCUT2D eigenvalue weighted by Crippen LogP contribution is -2.00. The number of hydrogen-bond donors (Lipinski definition) is 1. The molecule has 1 N–H and O–H groups in total. The number of hydrogen-bond acceptors (Lipinski definition) is 2. The van der Waals surface area contributed by atoms with Crippen molar-refractivity contribution in [1.82, 2.24) is 9.78 Å². The monoisotopic (exact) mass is 272 g/mol. The minimum Gasteiger partial charge on any atom is -0.478 e. The number of carboxylic acids is 1. The van der Waals surface area contributed by atoms with Crippen molar-refractivity contribution in [2.75, 3.05) is 0 Å². The highest BCUT2D eigenvalue weighted by Crippen LogP contribution is 2.24. The summed E-state index contributed by atoms with van der Waals surface area (Å²) in [6.45, 7) is 6.10. The number of rotatable bonds is 5. The molecule has 20 heavy (non-hydrogen) atoms. The van der Waals surface area contributed by atoms with Gasteiger partial charge in [-0.1, -0.05) is 37.6 Å². The number of aryl methyl sites for hydroxylation is 1. The second kappa shape index (κ2) is 5.90. The van der Waals surface area contributed by atoms with Crippen molar-refractivity contribution in [3.8, 4) is 11.3 Å². The minimum atomic E-state index is -0.940. The van der Waals surface area contributed by atoms with Crippen molar-refractivity contribution < 1.29 is 9.90 Å². The van der Waals surface area contributed by atoms with Crippen molar-refractivity contribution in [3.63, 3.8) is 0 Å². The molecule has 4 heteroatoms. The fraction of sp³-hybridized carbons (Fsp3) is 0.375. The van der Waals surface area contributed by atoms with Crippen LogP contribution in [0, 0.1) is 0 Å². The van der Waals surface area contributed by atoms with E-state index >= 15 is 0 Å². The molecule has 0 unspecified atom stereocenters. The fourth-order valence-corrected chi connectivity index (χ4v) is 2.14. The molecule has 1 heterocycles. The van der Waals surface area contributed by atoms with Gasteiger partial charge in [0.2, 0.25) is 0 Å². The standard InChI is InChI=1S/C16H20N2O2/c1-4-5-12-6-8-13(9-7-12)15-14(16(19)20)10-18(17-15)11(2)3/h6-11H,4-5H2,1-3H3,(H,19,20). The van der Waals surface area contributed by atoms with E-state index in [1.54, 1.807) is 10.9 Å². The number of aromatic nitrogens is 2. The Morgan fingerprint density at radius 1 is 1.30 bits per heavy atom. The van der Waals surface area contributed by atoms with Crippen LogP contribution in [0.2, 0.25) is 0 Å². The lowest BCUT2D eigenvalue weighted by Gasteiger charge is -2.04.